The van der Waals surface area contributed by atoms with E-state index < -0.39 is 10.9 Å². The molecule has 20 heavy (non-hydrogen) atoms. The number of pyridine rings is 1. The number of aldehydes is 1. The van der Waals surface area contributed by atoms with Crippen LogP contribution in [0, 0.1) is 10.1 Å². The van der Waals surface area contributed by atoms with E-state index in [1.54, 1.807) is 0 Å². The summed E-state index contributed by atoms with van der Waals surface area (Å²) in [6.07, 6.45) is 1.67. The third-order valence-electron chi connectivity index (χ3n) is 2.69. The van der Waals surface area contributed by atoms with Crippen molar-refractivity contribution in [2.75, 3.05) is 0 Å². The van der Waals surface area contributed by atoms with Crippen LogP contribution in [0.15, 0.2) is 36.5 Å². The lowest BCUT2D eigenvalue weighted by molar-refractivity contribution is -0.384. The van der Waals surface area contributed by atoms with Gasteiger partial charge in [-0.1, -0.05) is 0 Å². The molecule has 7 nitrogen and oxygen atoms in total. The van der Waals surface area contributed by atoms with Crippen molar-refractivity contribution in [2.24, 2.45) is 0 Å². The number of carboxylic acid groups (broad SMARTS) is 1. The zero-order valence-electron chi connectivity index (χ0n) is 10.0. The molecule has 1 N–H and O–H groups in total. The van der Waals surface area contributed by atoms with Crippen LogP contribution in [0.25, 0.3) is 11.1 Å². The van der Waals surface area contributed by atoms with E-state index in [0.29, 0.717) is 11.8 Å². The standard InChI is InChI=1S/C13H8N2O5/c16-7-11-12(13(17)18)10(5-6-14-11)8-1-3-9(4-2-8)15(19)20/h1-7H,(H,17,18). The Morgan fingerprint density at radius 1 is 1.25 bits per heavy atom. The fourth-order valence-electron chi connectivity index (χ4n) is 1.80. The van der Waals surface area contributed by atoms with Gasteiger partial charge in [-0.05, 0) is 23.8 Å². The number of carbonyl (C=O) groups excluding carboxylic acids is 1. The average Bonchev–Trinajstić information content (AvgIpc) is 2.46. The highest BCUT2D eigenvalue weighted by Crippen LogP contribution is 2.26. The number of nitro benzene ring substituents is 1. The third kappa shape index (κ3) is 2.37. The number of rotatable bonds is 4. The molecule has 0 unspecified atom stereocenters. The molecule has 0 fully saturated rings. The van der Waals surface area contributed by atoms with Gasteiger partial charge < -0.3 is 5.11 Å². The first kappa shape index (κ1) is 13.3. The number of hydrogen-bond donors (Lipinski definition) is 1. The second-order valence-electron chi connectivity index (χ2n) is 3.85. The summed E-state index contributed by atoms with van der Waals surface area (Å²) in [5.74, 6) is -1.28. The second-order valence-corrected chi connectivity index (χ2v) is 3.85. The van der Waals surface area contributed by atoms with Gasteiger partial charge in [0.2, 0.25) is 0 Å². The maximum Gasteiger partial charge on any atom is 0.338 e. The number of nitro groups is 1. The molecule has 1 aromatic heterocycles. The maximum atomic E-state index is 11.2. The Morgan fingerprint density at radius 2 is 1.90 bits per heavy atom. The van der Waals surface area contributed by atoms with E-state index in [-0.39, 0.29) is 22.5 Å². The second kappa shape index (κ2) is 5.27. The molecule has 0 spiro atoms. The predicted octanol–water partition coefficient (Wildman–Crippen LogP) is 2.17. The van der Waals surface area contributed by atoms with Crippen LogP contribution in [0.4, 0.5) is 5.69 Å². The molecule has 0 saturated heterocycles. The Bertz CT molecular complexity index is 694. The van der Waals surface area contributed by atoms with Gasteiger partial charge in [0.15, 0.2) is 6.29 Å². The Hall–Kier alpha value is -3.09. The first-order chi connectivity index (χ1) is 9.54. The minimum Gasteiger partial charge on any atom is -0.478 e. The van der Waals surface area contributed by atoms with Crippen LogP contribution >= 0.6 is 0 Å². The van der Waals surface area contributed by atoms with Gasteiger partial charge in [0.1, 0.15) is 5.69 Å². The van der Waals surface area contributed by atoms with Gasteiger partial charge in [-0.3, -0.25) is 19.9 Å². The van der Waals surface area contributed by atoms with Crippen molar-refractivity contribution >= 4 is 17.9 Å². The lowest BCUT2D eigenvalue weighted by atomic mass is 9.99. The number of aromatic nitrogens is 1. The molecule has 0 amide bonds. The Kier molecular flexibility index (Phi) is 3.52. The number of aromatic carboxylic acids is 1. The molecule has 0 aliphatic carbocycles. The van der Waals surface area contributed by atoms with Gasteiger partial charge >= 0.3 is 5.97 Å². The summed E-state index contributed by atoms with van der Waals surface area (Å²) >= 11 is 0. The molecule has 0 saturated carbocycles. The van der Waals surface area contributed by atoms with Crippen molar-refractivity contribution in [1.82, 2.24) is 4.98 Å². The van der Waals surface area contributed by atoms with Crippen molar-refractivity contribution in [2.45, 2.75) is 0 Å². The van der Waals surface area contributed by atoms with Crippen molar-refractivity contribution in [3.8, 4) is 11.1 Å². The summed E-state index contributed by atoms with van der Waals surface area (Å²) in [6.45, 7) is 0. The summed E-state index contributed by atoms with van der Waals surface area (Å²) in [5.41, 5.74) is 0.225. The molecular weight excluding hydrogens is 264 g/mol. The molecule has 7 heteroatoms. The number of hydrogen-bond acceptors (Lipinski definition) is 5. The number of non-ortho nitro benzene ring substituents is 1. The third-order valence-corrected chi connectivity index (χ3v) is 2.69. The summed E-state index contributed by atoms with van der Waals surface area (Å²) in [5, 5.41) is 19.8. The Balaban J connectivity index is 2.60. The van der Waals surface area contributed by atoms with E-state index in [9.17, 15) is 24.8 Å². The Morgan fingerprint density at radius 3 is 2.40 bits per heavy atom. The minimum absolute atomic E-state index is 0.102. The predicted molar refractivity (Wildman–Crippen MR) is 68.7 cm³/mol. The van der Waals surface area contributed by atoms with E-state index in [0.717, 1.165) is 0 Å². The zero-order chi connectivity index (χ0) is 14.7. The molecule has 0 bridgehead atoms. The van der Waals surface area contributed by atoms with Crippen LogP contribution in [-0.4, -0.2) is 27.3 Å². The van der Waals surface area contributed by atoms with Gasteiger partial charge in [0.25, 0.3) is 5.69 Å². The molecule has 0 atom stereocenters. The minimum atomic E-state index is -1.28. The summed E-state index contributed by atoms with van der Waals surface area (Å²) in [4.78, 5) is 35.8. The monoisotopic (exact) mass is 272 g/mol. The molecule has 0 aliphatic heterocycles. The average molecular weight is 272 g/mol. The number of nitrogens with zero attached hydrogens (tertiary/aromatic N) is 2. The number of carboxylic acids is 1. The topological polar surface area (TPSA) is 110 Å². The first-order valence-corrected chi connectivity index (χ1v) is 5.47. The highest BCUT2D eigenvalue weighted by atomic mass is 16.6. The van der Waals surface area contributed by atoms with Crippen LogP contribution in [-0.2, 0) is 0 Å². The van der Waals surface area contributed by atoms with Crippen molar-refractivity contribution in [3.05, 3.63) is 57.9 Å². The van der Waals surface area contributed by atoms with Gasteiger partial charge in [0.05, 0.1) is 10.5 Å². The SMILES string of the molecule is O=Cc1nccc(-c2ccc([N+](=O)[O-])cc2)c1C(=O)O. The normalized spacial score (nSPS) is 10.0. The summed E-state index contributed by atoms with van der Waals surface area (Å²) < 4.78 is 0. The molecule has 0 radical (unpaired) electrons. The Labute approximate surface area is 112 Å². The molecule has 2 rings (SSSR count). The highest BCUT2D eigenvalue weighted by molar-refractivity contribution is 6.02. The van der Waals surface area contributed by atoms with Crippen LogP contribution in [0.1, 0.15) is 20.8 Å². The first-order valence-electron chi connectivity index (χ1n) is 5.47. The molecule has 2 aromatic rings. The number of benzene rings is 1. The van der Waals surface area contributed by atoms with E-state index >= 15 is 0 Å². The van der Waals surface area contributed by atoms with Crippen LogP contribution < -0.4 is 0 Å². The van der Waals surface area contributed by atoms with Crippen molar-refractivity contribution < 1.29 is 19.6 Å². The maximum absolute atomic E-state index is 11.2. The smallest absolute Gasteiger partial charge is 0.338 e. The van der Waals surface area contributed by atoms with Crippen molar-refractivity contribution in [1.29, 1.82) is 0 Å². The molecular formula is C13H8N2O5. The van der Waals surface area contributed by atoms with E-state index in [2.05, 4.69) is 4.98 Å². The van der Waals surface area contributed by atoms with Gasteiger partial charge in [-0.2, -0.15) is 0 Å². The van der Waals surface area contributed by atoms with Crippen LogP contribution in [0.3, 0.4) is 0 Å². The lowest BCUT2D eigenvalue weighted by Gasteiger charge is -2.07. The van der Waals surface area contributed by atoms with Crippen LogP contribution in [0.5, 0.6) is 0 Å². The summed E-state index contributed by atoms with van der Waals surface area (Å²) in [7, 11) is 0. The summed E-state index contributed by atoms with van der Waals surface area (Å²) in [6, 6.07) is 6.82. The van der Waals surface area contributed by atoms with Crippen LogP contribution in [0.2, 0.25) is 0 Å². The molecule has 1 aromatic carbocycles. The van der Waals surface area contributed by atoms with Gasteiger partial charge in [0, 0.05) is 23.9 Å². The van der Waals surface area contributed by atoms with Gasteiger partial charge in [-0.25, -0.2) is 4.79 Å². The molecule has 1 heterocycles. The lowest BCUT2D eigenvalue weighted by Crippen LogP contribution is -2.06. The fourth-order valence-corrected chi connectivity index (χ4v) is 1.80. The largest absolute Gasteiger partial charge is 0.478 e. The fraction of sp³-hybridized carbons (Fsp3) is 0. The number of carbonyl (C=O) groups is 2. The van der Waals surface area contributed by atoms with Crippen molar-refractivity contribution in [3.63, 3.8) is 0 Å². The zero-order valence-corrected chi connectivity index (χ0v) is 10.0. The van der Waals surface area contributed by atoms with E-state index in [4.69, 9.17) is 0 Å². The molecule has 0 aliphatic rings. The van der Waals surface area contributed by atoms with E-state index in [1.807, 2.05) is 0 Å². The molecule has 100 valence electrons. The quantitative estimate of drug-likeness (QED) is 0.518. The van der Waals surface area contributed by atoms with Gasteiger partial charge in [-0.15, -0.1) is 0 Å². The van der Waals surface area contributed by atoms with E-state index in [1.165, 1.54) is 36.5 Å². The highest BCUT2D eigenvalue weighted by Gasteiger charge is 2.18.